The first-order valence-electron chi connectivity index (χ1n) is 8.48. The van der Waals surface area contributed by atoms with Crippen LogP contribution in [0.3, 0.4) is 0 Å². The minimum absolute atomic E-state index is 0. The zero-order valence-corrected chi connectivity index (χ0v) is 16.5. The second-order valence-corrected chi connectivity index (χ2v) is 7.24. The number of nitriles is 1. The molecule has 0 spiro atoms. The van der Waals surface area contributed by atoms with Gasteiger partial charge in [-0.3, -0.25) is 14.9 Å². The number of nitro groups is 1. The van der Waals surface area contributed by atoms with Gasteiger partial charge in [0.15, 0.2) is 0 Å². The number of anilines is 1. The fraction of sp³-hybridized carbons (Fsp3) is 0.333. The smallest absolute Gasteiger partial charge is 0.270 e. The topological polar surface area (TPSA) is 125 Å². The van der Waals surface area contributed by atoms with Crippen molar-refractivity contribution in [3.63, 3.8) is 0 Å². The van der Waals surface area contributed by atoms with Crippen molar-refractivity contribution in [2.45, 2.75) is 24.9 Å². The van der Waals surface area contributed by atoms with E-state index < -0.39 is 16.9 Å². The maximum absolute atomic E-state index is 11.8. The maximum atomic E-state index is 11.8. The number of halogens is 1. The predicted octanol–water partition coefficient (Wildman–Crippen LogP) is 2.21. The molecule has 1 aromatic carbocycles. The van der Waals surface area contributed by atoms with E-state index in [2.05, 4.69) is 5.32 Å². The molecule has 0 saturated carbocycles. The average Bonchev–Trinajstić information content (AvgIpc) is 3.32. The summed E-state index contributed by atoms with van der Waals surface area (Å²) in [4.78, 5) is 24.2. The van der Waals surface area contributed by atoms with Crippen molar-refractivity contribution in [1.82, 2.24) is 5.32 Å². The van der Waals surface area contributed by atoms with E-state index in [9.17, 15) is 20.2 Å². The van der Waals surface area contributed by atoms with Crippen LogP contribution in [0.1, 0.15) is 17.5 Å². The van der Waals surface area contributed by atoms with Crippen LogP contribution in [0.5, 0.6) is 0 Å². The number of non-ortho nitro benzene ring substituents is 1. The lowest BCUT2D eigenvalue weighted by molar-refractivity contribution is -0.384. The summed E-state index contributed by atoms with van der Waals surface area (Å²) in [6, 6.07) is 7.89. The van der Waals surface area contributed by atoms with E-state index in [1.807, 2.05) is 27.8 Å². The number of nitro benzene ring substituents is 1. The third-order valence-electron chi connectivity index (χ3n) is 4.64. The second kappa shape index (κ2) is 9.50. The van der Waals surface area contributed by atoms with Crippen LogP contribution in [0, 0.1) is 21.4 Å². The first-order chi connectivity index (χ1) is 13.0. The molecule has 10 heteroatoms. The molecule has 28 heavy (non-hydrogen) atoms. The third kappa shape index (κ3) is 4.98. The summed E-state index contributed by atoms with van der Waals surface area (Å²) in [5, 5.41) is 27.5. The Morgan fingerprint density at radius 3 is 2.89 bits per heavy atom. The highest BCUT2D eigenvalue weighted by Crippen LogP contribution is 2.28. The quantitative estimate of drug-likeness (QED) is 0.521. The second-order valence-electron chi connectivity index (χ2n) is 6.46. The monoisotopic (exact) mass is 421 g/mol. The largest absolute Gasteiger partial charge is 0.369 e. The first-order valence-corrected chi connectivity index (χ1v) is 9.42. The van der Waals surface area contributed by atoms with E-state index in [0.717, 1.165) is 12.0 Å². The van der Waals surface area contributed by atoms with Crippen LogP contribution < -0.4 is 16.0 Å². The molecule has 1 amide bonds. The molecule has 1 aliphatic heterocycles. The number of thiophene rings is 1. The van der Waals surface area contributed by atoms with Crippen molar-refractivity contribution in [1.29, 1.82) is 5.26 Å². The van der Waals surface area contributed by atoms with E-state index in [1.165, 1.54) is 12.1 Å². The Balaban J connectivity index is 0.00000280. The summed E-state index contributed by atoms with van der Waals surface area (Å²) in [7, 11) is 0. The minimum Gasteiger partial charge on any atom is -0.369 e. The molecule has 1 fully saturated rings. The Morgan fingerprint density at radius 1 is 1.50 bits per heavy atom. The molecule has 8 nitrogen and oxygen atoms in total. The molecular weight excluding hydrogens is 402 g/mol. The van der Waals surface area contributed by atoms with Gasteiger partial charge in [0.05, 0.1) is 22.2 Å². The Hall–Kier alpha value is -2.67. The van der Waals surface area contributed by atoms with E-state index in [1.54, 1.807) is 17.4 Å². The van der Waals surface area contributed by atoms with Gasteiger partial charge in [-0.15, -0.1) is 12.4 Å². The van der Waals surface area contributed by atoms with Crippen LogP contribution in [0.25, 0.3) is 0 Å². The van der Waals surface area contributed by atoms with Gasteiger partial charge >= 0.3 is 0 Å². The molecule has 3 N–H and O–H groups in total. The van der Waals surface area contributed by atoms with E-state index in [4.69, 9.17) is 5.73 Å². The minimum atomic E-state index is -0.513. The molecule has 148 valence electrons. The fourth-order valence-corrected chi connectivity index (χ4v) is 3.97. The molecule has 0 unspecified atom stereocenters. The highest BCUT2D eigenvalue weighted by Gasteiger charge is 2.28. The Kier molecular flexibility index (Phi) is 7.34. The van der Waals surface area contributed by atoms with Gasteiger partial charge in [0.25, 0.3) is 5.69 Å². The lowest BCUT2D eigenvalue weighted by Gasteiger charge is -2.22. The Morgan fingerprint density at radius 2 is 2.29 bits per heavy atom. The molecule has 0 aliphatic carbocycles. The molecule has 2 aromatic rings. The van der Waals surface area contributed by atoms with Crippen LogP contribution in [0.2, 0.25) is 0 Å². The zero-order valence-electron chi connectivity index (χ0n) is 14.9. The summed E-state index contributed by atoms with van der Waals surface area (Å²) in [5.74, 6) is -0.396. The Bertz CT molecular complexity index is 884. The number of hydrogen-bond donors (Lipinski definition) is 2. The van der Waals surface area contributed by atoms with Gasteiger partial charge in [0.1, 0.15) is 6.07 Å². The van der Waals surface area contributed by atoms with E-state index >= 15 is 0 Å². The summed E-state index contributed by atoms with van der Waals surface area (Å²) < 4.78 is 0. The number of nitrogens with zero attached hydrogens (tertiary/aromatic N) is 3. The molecule has 0 radical (unpaired) electrons. The van der Waals surface area contributed by atoms with Crippen LogP contribution in [-0.2, 0) is 11.2 Å². The number of carbonyl (C=O) groups excluding carboxylic acids is 1. The van der Waals surface area contributed by atoms with Gasteiger partial charge in [-0.2, -0.15) is 16.6 Å². The SMILES string of the molecule is Cl.N#Cc1cc([N+](=O)[O-])ccc1N1CC[C@H](N[C@@H](Cc2ccsc2)C(N)=O)C1. The fourth-order valence-electron chi connectivity index (χ4n) is 3.29. The molecule has 0 bridgehead atoms. The van der Waals surface area contributed by atoms with Gasteiger partial charge in [0.2, 0.25) is 5.91 Å². The summed E-state index contributed by atoms with van der Waals surface area (Å²) >= 11 is 1.57. The number of carbonyl (C=O) groups is 1. The zero-order chi connectivity index (χ0) is 19.4. The van der Waals surface area contributed by atoms with E-state index in [0.29, 0.717) is 25.2 Å². The third-order valence-corrected chi connectivity index (χ3v) is 5.37. The normalized spacial score (nSPS) is 16.8. The number of primary amides is 1. The first kappa shape index (κ1) is 21.6. The van der Waals surface area contributed by atoms with Crippen LogP contribution in [0.4, 0.5) is 11.4 Å². The van der Waals surface area contributed by atoms with Crippen LogP contribution in [-0.4, -0.2) is 36.0 Å². The van der Waals surface area contributed by atoms with E-state index in [-0.39, 0.29) is 29.7 Å². The average molecular weight is 422 g/mol. The van der Waals surface area contributed by atoms with Gasteiger partial charge in [0, 0.05) is 31.3 Å². The van der Waals surface area contributed by atoms with Crippen molar-refractivity contribution in [2.75, 3.05) is 18.0 Å². The van der Waals surface area contributed by atoms with Crippen molar-refractivity contribution < 1.29 is 9.72 Å². The molecular formula is C18H20ClN5O3S. The molecule has 1 aromatic heterocycles. The summed E-state index contributed by atoms with van der Waals surface area (Å²) in [5.41, 5.74) is 7.45. The molecule has 1 saturated heterocycles. The summed E-state index contributed by atoms with van der Waals surface area (Å²) in [6.45, 7) is 1.29. The van der Waals surface area contributed by atoms with Crippen LogP contribution >= 0.6 is 23.7 Å². The highest BCUT2D eigenvalue weighted by atomic mass is 35.5. The maximum Gasteiger partial charge on any atom is 0.270 e. The number of amides is 1. The predicted molar refractivity (Wildman–Crippen MR) is 110 cm³/mol. The van der Waals surface area contributed by atoms with Gasteiger partial charge in [-0.25, -0.2) is 0 Å². The number of hydrogen-bond acceptors (Lipinski definition) is 7. The highest BCUT2D eigenvalue weighted by molar-refractivity contribution is 7.07. The lowest BCUT2D eigenvalue weighted by Crippen LogP contribution is -2.48. The molecule has 2 atom stereocenters. The van der Waals surface area contributed by atoms with Crippen molar-refractivity contribution in [3.8, 4) is 6.07 Å². The van der Waals surface area contributed by atoms with Crippen molar-refractivity contribution in [2.24, 2.45) is 5.73 Å². The van der Waals surface area contributed by atoms with Crippen molar-refractivity contribution >= 4 is 41.0 Å². The van der Waals surface area contributed by atoms with Crippen LogP contribution in [0.15, 0.2) is 35.0 Å². The number of nitrogens with one attached hydrogen (secondary N) is 1. The van der Waals surface area contributed by atoms with Gasteiger partial charge < -0.3 is 16.0 Å². The summed E-state index contributed by atoms with van der Waals surface area (Å²) in [6.07, 6.45) is 1.32. The number of rotatable bonds is 7. The molecule has 2 heterocycles. The Labute approximate surface area is 172 Å². The number of benzene rings is 1. The van der Waals surface area contributed by atoms with Gasteiger partial charge in [-0.1, -0.05) is 0 Å². The standard InChI is InChI=1S/C18H19N5O3S.ClH/c19-9-13-8-15(23(25)26)1-2-17(13)22-5-3-14(10-22)21-16(18(20)24)7-12-4-6-27-11-12;/h1-2,4,6,8,11,14,16,21H,3,5,7,10H2,(H2,20,24);1H/t14-,16-;/m0./s1. The molecule has 3 rings (SSSR count). The van der Waals surface area contributed by atoms with Gasteiger partial charge in [-0.05, 0) is 41.3 Å². The van der Waals surface area contributed by atoms with Crippen molar-refractivity contribution in [3.05, 3.63) is 56.3 Å². The lowest BCUT2D eigenvalue weighted by atomic mass is 10.1. The molecule has 1 aliphatic rings. The number of nitrogens with two attached hydrogens (primary N) is 1.